The van der Waals surface area contributed by atoms with Crippen molar-refractivity contribution in [2.24, 2.45) is 0 Å². The molecule has 0 N–H and O–H groups in total. The summed E-state index contributed by atoms with van der Waals surface area (Å²) in [6, 6.07) is 5.16. The van der Waals surface area contributed by atoms with Gasteiger partial charge in [-0.05, 0) is 42.9 Å². The summed E-state index contributed by atoms with van der Waals surface area (Å²) < 4.78 is 14.5. The summed E-state index contributed by atoms with van der Waals surface area (Å²) in [6.07, 6.45) is 3.77. The quantitative estimate of drug-likeness (QED) is 0.618. The standard InChI is InChI=1S/C28H37FN6O2/c1-19-4-6-22(16-24(19)29)23(17-32-8-10-33(11-9-32)21(3)36)28(37)35-14-12-34(13-15-35)27-26-20(2)5-7-25(26)30-18-31-27/h4,6,16,18,20,23H,5,7-15,17H2,1-3H3/t20-,23+/m1/s1. The number of halogens is 1. The Labute approximate surface area is 218 Å². The van der Waals surface area contributed by atoms with Gasteiger partial charge in [0.2, 0.25) is 11.8 Å². The lowest BCUT2D eigenvalue weighted by Gasteiger charge is -2.40. The largest absolute Gasteiger partial charge is 0.353 e. The van der Waals surface area contributed by atoms with E-state index in [1.807, 2.05) is 15.9 Å². The first-order valence-electron chi connectivity index (χ1n) is 13.4. The Morgan fingerprint density at radius 2 is 1.73 bits per heavy atom. The lowest BCUT2D eigenvalue weighted by molar-refractivity contribution is -0.135. The minimum Gasteiger partial charge on any atom is -0.353 e. The number of piperazine rings is 2. The third-order valence-corrected chi connectivity index (χ3v) is 8.30. The number of aryl methyl sites for hydroxylation is 2. The number of fused-ring (bicyclic) bond motifs is 1. The molecular weight excluding hydrogens is 471 g/mol. The Bertz CT molecular complexity index is 1160. The average Bonchev–Trinajstić information content (AvgIpc) is 3.30. The van der Waals surface area contributed by atoms with Gasteiger partial charge in [-0.1, -0.05) is 19.1 Å². The molecule has 37 heavy (non-hydrogen) atoms. The van der Waals surface area contributed by atoms with Crippen LogP contribution < -0.4 is 4.90 Å². The van der Waals surface area contributed by atoms with Crippen LogP contribution in [0.3, 0.4) is 0 Å². The number of amides is 2. The summed E-state index contributed by atoms with van der Waals surface area (Å²) in [5, 5.41) is 0. The van der Waals surface area contributed by atoms with Crippen LogP contribution in [-0.4, -0.2) is 95.4 Å². The first-order valence-corrected chi connectivity index (χ1v) is 13.4. The minimum absolute atomic E-state index is 0.0400. The Morgan fingerprint density at radius 3 is 2.41 bits per heavy atom. The van der Waals surface area contributed by atoms with Gasteiger partial charge in [-0.2, -0.15) is 0 Å². The molecule has 0 saturated carbocycles. The van der Waals surface area contributed by atoms with Crippen molar-refractivity contribution < 1.29 is 14.0 Å². The predicted octanol–water partition coefficient (Wildman–Crippen LogP) is 2.57. The molecule has 0 unspecified atom stereocenters. The van der Waals surface area contributed by atoms with E-state index in [0.717, 1.165) is 24.4 Å². The number of rotatable bonds is 5. The second-order valence-corrected chi connectivity index (χ2v) is 10.7. The molecule has 3 heterocycles. The van der Waals surface area contributed by atoms with Crippen LogP contribution in [-0.2, 0) is 16.0 Å². The van der Waals surface area contributed by atoms with E-state index >= 15 is 0 Å². The van der Waals surface area contributed by atoms with E-state index in [1.54, 1.807) is 26.2 Å². The summed E-state index contributed by atoms with van der Waals surface area (Å²) >= 11 is 0. The van der Waals surface area contributed by atoms with Crippen LogP contribution in [0.15, 0.2) is 24.5 Å². The normalized spacial score (nSPS) is 21.2. The first-order chi connectivity index (χ1) is 17.8. The maximum atomic E-state index is 14.5. The van der Waals surface area contributed by atoms with E-state index in [-0.39, 0.29) is 17.6 Å². The van der Waals surface area contributed by atoms with Crippen molar-refractivity contribution in [1.82, 2.24) is 24.7 Å². The Kier molecular flexibility index (Phi) is 7.42. The molecule has 2 aliphatic heterocycles. The van der Waals surface area contributed by atoms with Crippen molar-refractivity contribution in [3.05, 3.63) is 52.7 Å². The van der Waals surface area contributed by atoms with Crippen LogP contribution in [0.25, 0.3) is 0 Å². The maximum absolute atomic E-state index is 14.5. The zero-order valence-electron chi connectivity index (χ0n) is 22.1. The van der Waals surface area contributed by atoms with Crippen molar-refractivity contribution in [3.63, 3.8) is 0 Å². The van der Waals surface area contributed by atoms with Crippen LogP contribution in [0.1, 0.15) is 54.5 Å². The van der Waals surface area contributed by atoms with Crippen molar-refractivity contribution in [2.75, 3.05) is 63.8 Å². The number of carbonyl (C=O) groups is 2. The molecule has 2 fully saturated rings. The van der Waals surface area contributed by atoms with E-state index in [0.29, 0.717) is 75.9 Å². The second kappa shape index (κ2) is 10.7. The van der Waals surface area contributed by atoms with E-state index < -0.39 is 5.92 Å². The number of carbonyl (C=O) groups excluding carboxylic acids is 2. The van der Waals surface area contributed by atoms with Crippen molar-refractivity contribution in [3.8, 4) is 0 Å². The molecule has 8 nitrogen and oxygen atoms in total. The van der Waals surface area contributed by atoms with Crippen LogP contribution in [0.5, 0.6) is 0 Å². The highest BCUT2D eigenvalue weighted by molar-refractivity contribution is 5.84. The molecule has 5 rings (SSSR count). The fraction of sp³-hybridized carbons (Fsp3) is 0.571. The number of aromatic nitrogens is 2. The summed E-state index contributed by atoms with van der Waals surface area (Å²) in [5.41, 5.74) is 3.71. The van der Waals surface area contributed by atoms with Gasteiger partial charge in [0.15, 0.2) is 0 Å². The smallest absolute Gasteiger partial charge is 0.231 e. The molecule has 2 saturated heterocycles. The van der Waals surface area contributed by atoms with Gasteiger partial charge in [0.25, 0.3) is 0 Å². The van der Waals surface area contributed by atoms with Gasteiger partial charge < -0.3 is 14.7 Å². The highest BCUT2D eigenvalue weighted by Crippen LogP contribution is 2.37. The van der Waals surface area contributed by atoms with Gasteiger partial charge in [0.05, 0.1) is 5.92 Å². The van der Waals surface area contributed by atoms with Crippen LogP contribution >= 0.6 is 0 Å². The molecule has 0 radical (unpaired) electrons. The Hall–Kier alpha value is -3.07. The number of anilines is 1. The topological polar surface area (TPSA) is 72.9 Å². The van der Waals surface area contributed by atoms with E-state index in [1.165, 1.54) is 11.6 Å². The fourth-order valence-corrected chi connectivity index (χ4v) is 5.89. The number of hydrogen-bond donors (Lipinski definition) is 0. The van der Waals surface area contributed by atoms with Crippen molar-refractivity contribution >= 4 is 17.6 Å². The molecule has 2 amide bonds. The molecule has 9 heteroatoms. The van der Waals surface area contributed by atoms with Crippen LogP contribution in [0.2, 0.25) is 0 Å². The lowest BCUT2D eigenvalue weighted by atomic mass is 9.94. The van der Waals surface area contributed by atoms with Crippen molar-refractivity contribution in [2.45, 2.75) is 45.4 Å². The summed E-state index contributed by atoms with van der Waals surface area (Å²) in [5.74, 6) is 0.854. The zero-order chi connectivity index (χ0) is 26.1. The molecule has 2 aromatic rings. The van der Waals surface area contributed by atoms with Crippen molar-refractivity contribution in [1.29, 1.82) is 0 Å². The van der Waals surface area contributed by atoms with E-state index in [9.17, 15) is 14.0 Å². The fourth-order valence-electron chi connectivity index (χ4n) is 5.89. The minimum atomic E-state index is -0.450. The van der Waals surface area contributed by atoms with Gasteiger partial charge in [0, 0.05) is 77.1 Å². The summed E-state index contributed by atoms with van der Waals surface area (Å²) in [4.78, 5) is 43.0. The molecule has 1 aliphatic carbocycles. The maximum Gasteiger partial charge on any atom is 0.231 e. The predicted molar refractivity (Wildman–Crippen MR) is 140 cm³/mol. The van der Waals surface area contributed by atoms with Gasteiger partial charge in [-0.25, -0.2) is 14.4 Å². The monoisotopic (exact) mass is 508 g/mol. The van der Waals surface area contributed by atoms with Gasteiger partial charge in [-0.3, -0.25) is 14.5 Å². The highest BCUT2D eigenvalue weighted by Gasteiger charge is 2.33. The SMILES string of the molecule is CC(=O)N1CCN(C[C@H](C(=O)N2CCN(c3ncnc4c3[C@H](C)CC4)CC2)c2ccc(C)c(F)c2)CC1. The average molecular weight is 509 g/mol. The second-order valence-electron chi connectivity index (χ2n) is 10.7. The molecular formula is C28H37FN6O2. The summed E-state index contributed by atoms with van der Waals surface area (Å²) in [6.45, 7) is 11.5. The lowest BCUT2D eigenvalue weighted by Crippen LogP contribution is -2.53. The van der Waals surface area contributed by atoms with Gasteiger partial charge >= 0.3 is 0 Å². The summed E-state index contributed by atoms with van der Waals surface area (Å²) in [7, 11) is 0. The number of benzene rings is 1. The third kappa shape index (κ3) is 5.32. The molecule has 0 spiro atoms. The zero-order valence-corrected chi connectivity index (χ0v) is 22.1. The highest BCUT2D eigenvalue weighted by atomic mass is 19.1. The Morgan fingerprint density at radius 1 is 1.03 bits per heavy atom. The molecule has 2 atom stereocenters. The van der Waals surface area contributed by atoms with Gasteiger partial charge in [-0.15, -0.1) is 0 Å². The molecule has 198 valence electrons. The number of nitrogens with zero attached hydrogens (tertiary/aromatic N) is 6. The molecule has 0 bridgehead atoms. The molecule has 1 aromatic carbocycles. The van der Waals surface area contributed by atoms with Gasteiger partial charge in [0.1, 0.15) is 18.0 Å². The Balaban J connectivity index is 1.30. The van der Waals surface area contributed by atoms with Crippen LogP contribution in [0.4, 0.5) is 10.2 Å². The van der Waals surface area contributed by atoms with E-state index in [4.69, 9.17) is 0 Å². The first kappa shape index (κ1) is 25.6. The molecule has 3 aliphatic rings. The van der Waals surface area contributed by atoms with E-state index in [2.05, 4.69) is 26.7 Å². The third-order valence-electron chi connectivity index (χ3n) is 8.30. The van der Waals surface area contributed by atoms with Crippen LogP contribution in [0, 0.1) is 12.7 Å². The molecule has 1 aromatic heterocycles. The number of hydrogen-bond acceptors (Lipinski definition) is 6.